The largest absolute Gasteiger partial charge is 0.383 e. The summed E-state index contributed by atoms with van der Waals surface area (Å²) in [5, 5.41) is 16.0. The third-order valence-corrected chi connectivity index (χ3v) is 7.20. The number of nitrogens with one attached hydrogen (secondary N) is 2. The Hall–Kier alpha value is -3.06. The van der Waals surface area contributed by atoms with Crippen LogP contribution in [-0.4, -0.2) is 5.91 Å². The molecule has 33 heavy (non-hydrogen) atoms. The average molecular weight is 442 g/mol. The Morgan fingerprint density at radius 1 is 0.939 bits per heavy atom. The lowest BCUT2D eigenvalue weighted by Gasteiger charge is -2.21. The molecule has 0 saturated carbocycles. The van der Waals surface area contributed by atoms with Crippen LogP contribution in [-0.2, 0) is 30.5 Å². The molecule has 0 saturated heterocycles. The van der Waals surface area contributed by atoms with Crippen molar-refractivity contribution in [2.24, 2.45) is 0 Å². The van der Waals surface area contributed by atoms with Crippen molar-refractivity contribution < 1.29 is 4.79 Å². The average Bonchev–Trinajstić information content (AvgIpc) is 2.86. The second-order valence-electron chi connectivity index (χ2n) is 9.46. The molecular weight excluding hydrogens is 406 g/mol. The number of nitrogens with zero attached hydrogens (tertiary/aromatic N) is 1. The minimum absolute atomic E-state index is 0.0754. The fraction of sp³-hybridized carbons (Fsp3) is 0.448. The topological polar surface area (TPSA) is 64.9 Å². The minimum Gasteiger partial charge on any atom is -0.383 e. The summed E-state index contributed by atoms with van der Waals surface area (Å²) in [4.78, 5) is 12.8. The lowest BCUT2D eigenvalue weighted by atomic mass is 9.89. The van der Waals surface area contributed by atoms with E-state index in [9.17, 15) is 10.1 Å². The number of aryl methyl sites for hydroxylation is 4. The van der Waals surface area contributed by atoms with E-state index in [2.05, 4.69) is 60.0 Å². The monoisotopic (exact) mass is 441 g/mol. The Kier molecular flexibility index (Phi) is 7.50. The van der Waals surface area contributed by atoms with Crippen LogP contribution in [0.5, 0.6) is 0 Å². The van der Waals surface area contributed by atoms with Crippen LogP contribution in [0.25, 0.3) is 0 Å². The highest BCUT2D eigenvalue weighted by Gasteiger charge is 2.18. The minimum atomic E-state index is -0.337. The van der Waals surface area contributed by atoms with Crippen LogP contribution in [0.4, 0.5) is 0 Å². The molecule has 0 aromatic heterocycles. The number of amides is 1. The van der Waals surface area contributed by atoms with Crippen molar-refractivity contribution in [2.45, 2.75) is 83.7 Å². The first-order chi connectivity index (χ1) is 16.1. The van der Waals surface area contributed by atoms with Crippen molar-refractivity contribution in [3.05, 3.63) is 81.6 Å². The van der Waals surface area contributed by atoms with Crippen molar-refractivity contribution in [1.82, 2.24) is 10.6 Å². The normalized spacial score (nSPS) is 17.2. The van der Waals surface area contributed by atoms with Gasteiger partial charge in [-0.1, -0.05) is 43.3 Å². The maximum absolute atomic E-state index is 12.8. The molecule has 0 bridgehead atoms. The van der Waals surface area contributed by atoms with Gasteiger partial charge >= 0.3 is 0 Å². The standard InChI is InChI=1S/C29H35N3O/c1-3-28(26-15-13-22-9-5-7-11-25(22)17-26)31-19-27(18-30)29(33)32-20(2)23-14-12-21-8-4-6-10-24(21)16-23/h12-17,19-20,28,31H,3-11H2,1-2H3,(H,32,33)/b27-19-. The molecule has 2 N–H and O–H groups in total. The Morgan fingerprint density at radius 2 is 1.48 bits per heavy atom. The van der Waals surface area contributed by atoms with E-state index in [0.717, 1.165) is 31.2 Å². The van der Waals surface area contributed by atoms with E-state index >= 15 is 0 Å². The summed E-state index contributed by atoms with van der Waals surface area (Å²) in [5.74, 6) is -0.337. The summed E-state index contributed by atoms with van der Waals surface area (Å²) in [5.41, 5.74) is 8.15. The van der Waals surface area contributed by atoms with Crippen molar-refractivity contribution >= 4 is 5.91 Å². The van der Waals surface area contributed by atoms with E-state index in [1.54, 1.807) is 6.20 Å². The van der Waals surface area contributed by atoms with Crippen molar-refractivity contribution in [3.63, 3.8) is 0 Å². The lowest BCUT2D eigenvalue weighted by molar-refractivity contribution is -0.117. The first kappa shape index (κ1) is 23.1. The summed E-state index contributed by atoms with van der Waals surface area (Å²) in [7, 11) is 0. The van der Waals surface area contributed by atoms with Crippen LogP contribution in [0, 0.1) is 11.3 Å². The molecule has 2 aromatic carbocycles. The molecule has 4 heteroatoms. The van der Waals surface area contributed by atoms with Crippen LogP contribution in [0.3, 0.4) is 0 Å². The van der Waals surface area contributed by atoms with Crippen molar-refractivity contribution in [2.75, 3.05) is 0 Å². The molecule has 4 rings (SSSR count). The number of carbonyl (C=O) groups is 1. The van der Waals surface area contributed by atoms with E-state index < -0.39 is 0 Å². The molecule has 0 heterocycles. The van der Waals surface area contributed by atoms with E-state index in [1.807, 2.05) is 6.92 Å². The zero-order valence-corrected chi connectivity index (χ0v) is 19.9. The van der Waals surface area contributed by atoms with Crippen LogP contribution >= 0.6 is 0 Å². The maximum atomic E-state index is 12.8. The van der Waals surface area contributed by atoms with Crippen LogP contribution in [0.15, 0.2) is 48.2 Å². The number of nitriles is 1. The van der Waals surface area contributed by atoms with E-state index in [-0.39, 0.29) is 23.6 Å². The SMILES string of the molecule is CCC(N/C=C(/C#N)C(=O)NC(C)c1ccc2c(c1)CCCC2)c1ccc2c(c1)CCCC2. The fourth-order valence-corrected chi connectivity index (χ4v) is 5.13. The van der Waals surface area contributed by atoms with Gasteiger partial charge in [0, 0.05) is 6.20 Å². The molecule has 0 aliphatic heterocycles. The second kappa shape index (κ2) is 10.7. The van der Waals surface area contributed by atoms with Gasteiger partial charge in [0.1, 0.15) is 11.6 Å². The molecular formula is C29H35N3O. The molecule has 2 aliphatic rings. The third-order valence-electron chi connectivity index (χ3n) is 7.20. The highest BCUT2D eigenvalue weighted by Crippen LogP contribution is 2.27. The van der Waals surface area contributed by atoms with Crippen LogP contribution in [0.2, 0.25) is 0 Å². The van der Waals surface area contributed by atoms with Crippen molar-refractivity contribution in [1.29, 1.82) is 5.26 Å². The van der Waals surface area contributed by atoms with Gasteiger partial charge < -0.3 is 10.6 Å². The highest BCUT2D eigenvalue weighted by atomic mass is 16.1. The Bertz CT molecular complexity index is 1080. The number of carbonyl (C=O) groups excluding carboxylic acids is 1. The molecule has 1 amide bonds. The molecule has 0 spiro atoms. The predicted octanol–water partition coefficient (Wildman–Crippen LogP) is 5.77. The molecule has 0 radical (unpaired) electrons. The van der Waals surface area contributed by atoms with E-state index in [0.29, 0.717) is 0 Å². The first-order valence-electron chi connectivity index (χ1n) is 12.5. The number of hydrogen-bond acceptors (Lipinski definition) is 3. The Balaban J connectivity index is 1.42. The summed E-state index contributed by atoms with van der Waals surface area (Å²) >= 11 is 0. The van der Waals surface area contributed by atoms with Gasteiger partial charge in [-0.25, -0.2) is 0 Å². The first-order valence-corrected chi connectivity index (χ1v) is 12.5. The highest BCUT2D eigenvalue weighted by molar-refractivity contribution is 5.97. The zero-order valence-electron chi connectivity index (χ0n) is 19.9. The van der Waals surface area contributed by atoms with Gasteiger partial charge in [0.25, 0.3) is 5.91 Å². The second-order valence-corrected chi connectivity index (χ2v) is 9.46. The van der Waals surface area contributed by atoms with Gasteiger partial charge in [-0.05, 0) is 98.1 Å². The number of fused-ring (bicyclic) bond motifs is 2. The van der Waals surface area contributed by atoms with Gasteiger partial charge in [-0.15, -0.1) is 0 Å². The molecule has 4 nitrogen and oxygen atoms in total. The van der Waals surface area contributed by atoms with Crippen LogP contribution in [0.1, 0.15) is 91.4 Å². The molecule has 0 fully saturated rings. The van der Waals surface area contributed by atoms with E-state index in [1.165, 1.54) is 59.9 Å². The van der Waals surface area contributed by atoms with E-state index in [4.69, 9.17) is 0 Å². The smallest absolute Gasteiger partial charge is 0.263 e. The summed E-state index contributed by atoms with van der Waals surface area (Å²) in [6.45, 7) is 4.10. The van der Waals surface area contributed by atoms with Gasteiger partial charge in [0.2, 0.25) is 0 Å². The molecule has 2 aliphatic carbocycles. The van der Waals surface area contributed by atoms with Gasteiger partial charge in [0.05, 0.1) is 12.1 Å². The zero-order chi connectivity index (χ0) is 23.2. The van der Waals surface area contributed by atoms with Gasteiger partial charge in [0.15, 0.2) is 0 Å². The predicted molar refractivity (Wildman–Crippen MR) is 133 cm³/mol. The number of benzene rings is 2. The Morgan fingerprint density at radius 3 is 2.06 bits per heavy atom. The lowest BCUT2D eigenvalue weighted by Crippen LogP contribution is -2.29. The maximum Gasteiger partial charge on any atom is 0.263 e. The van der Waals surface area contributed by atoms with Crippen LogP contribution < -0.4 is 10.6 Å². The summed E-state index contributed by atoms with van der Waals surface area (Å²) in [6.07, 6.45) is 12.0. The fourth-order valence-electron chi connectivity index (χ4n) is 5.13. The molecule has 2 atom stereocenters. The van der Waals surface area contributed by atoms with Gasteiger partial charge in [-0.3, -0.25) is 4.79 Å². The Labute approximate surface area is 198 Å². The quantitative estimate of drug-likeness (QED) is 0.423. The molecule has 172 valence electrons. The van der Waals surface area contributed by atoms with Crippen molar-refractivity contribution in [3.8, 4) is 6.07 Å². The number of hydrogen-bond donors (Lipinski definition) is 2. The molecule has 2 unspecified atom stereocenters. The number of rotatable bonds is 7. The van der Waals surface area contributed by atoms with Gasteiger partial charge in [-0.2, -0.15) is 5.26 Å². The summed E-state index contributed by atoms with van der Waals surface area (Å²) < 4.78 is 0. The third kappa shape index (κ3) is 5.47. The molecule has 2 aromatic rings. The summed E-state index contributed by atoms with van der Waals surface area (Å²) in [6, 6.07) is 15.2.